The van der Waals surface area contributed by atoms with Crippen molar-refractivity contribution >= 4 is 23.8 Å². The quantitative estimate of drug-likeness (QED) is 0.491. The molecule has 0 aliphatic carbocycles. The number of imide groups is 1. The van der Waals surface area contributed by atoms with Gasteiger partial charge in [-0.25, -0.2) is 4.79 Å². The monoisotopic (exact) mass is 518 g/mol. The average molecular weight is 518 g/mol. The zero-order valence-corrected chi connectivity index (χ0v) is 20.1. The van der Waals surface area contributed by atoms with E-state index in [0.717, 1.165) is 23.1 Å². The van der Waals surface area contributed by atoms with E-state index < -0.39 is 35.5 Å². The first-order valence-corrected chi connectivity index (χ1v) is 11.6. The van der Waals surface area contributed by atoms with Gasteiger partial charge in [-0.15, -0.1) is 0 Å². The Morgan fingerprint density at radius 1 is 1.00 bits per heavy atom. The highest BCUT2D eigenvalue weighted by Crippen LogP contribution is 2.59. The molecular weight excluding hydrogens is 493 g/mol. The molecule has 3 aliphatic heterocycles. The van der Waals surface area contributed by atoms with E-state index in [1.807, 2.05) is 42.5 Å². The van der Waals surface area contributed by atoms with Crippen molar-refractivity contribution < 1.29 is 42.2 Å². The molecule has 0 radical (unpaired) electrons. The maximum Gasteiger partial charge on any atom is 0.490 e. The van der Waals surface area contributed by atoms with Crippen LogP contribution >= 0.6 is 0 Å². The number of carboxylic acid groups (broad SMARTS) is 1. The molecule has 3 heterocycles. The van der Waals surface area contributed by atoms with Crippen LogP contribution in [0.4, 0.5) is 13.2 Å². The lowest BCUT2D eigenvalue weighted by Crippen LogP contribution is -2.54. The Kier molecular flexibility index (Phi) is 6.85. The Morgan fingerprint density at radius 3 is 2.11 bits per heavy atom. The number of rotatable bonds is 3. The van der Waals surface area contributed by atoms with Crippen molar-refractivity contribution in [1.29, 1.82) is 0 Å². The molecule has 0 aromatic heterocycles. The van der Waals surface area contributed by atoms with E-state index in [4.69, 9.17) is 14.6 Å². The molecule has 3 fully saturated rings. The van der Waals surface area contributed by atoms with E-state index in [1.54, 1.807) is 0 Å². The van der Waals surface area contributed by atoms with Crippen molar-refractivity contribution in [2.24, 2.45) is 11.8 Å². The van der Waals surface area contributed by atoms with Crippen LogP contribution in [0.15, 0.2) is 54.6 Å². The Morgan fingerprint density at radius 2 is 1.57 bits per heavy atom. The van der Waals surface area contributed by atoms with Gasteiger partial charge in [0.2, 0.25) is 11.8 Å². The van der Waals surface area contributed by atoms with Crippen LogP contribution in [0.3, 0.4) is 0 Å². The molecule has 2 aromatic carbocycles. The fourth-order valence-corrected chi connectivity index (χ4v) is 5.85. The lowest BCUT2D eigenvalue weighted by molar-refractivity contribution is -0.192. The molecule has 8 nitrogen and oxygen atoms in total. The molecule has 0 unspecified atom stereocenters. The van der Waals surface area contributed by atoms with E-state index in [2.05, 4.69) is 17.0 Å². The maximum atomic E-state index is 13.1. The number of hydrogen-bond donors (Lipinski definition) is 1. The summed E-state index contributed by atoms with van der Waals surface area (Å²) in [4.78, 5) is 51.3. The number of benzene rings is 2. The fraction of sp³-hybridized carbons (Fsp3) is 0.385. The Hall–Kier alpha value is -3.73. The standard InChI is InChI=1S/C24H24N2O4.C2HF3O2/c1-25-21(27)18-19(22(25)28)24(23(29)30-2)13-6-14-26(24)20(18)17-11-9-16(10-12-17)15-7-4-3-5-8-15;3-2(4,5)1(6)7/h3-5,7-12,18-20H,6,13-14H2,1-2H3;(H,6,7)/t18-,19-,20-,24+;/m1./s1. The maximum absolute atomic E-state index is 13.1. The van der Waals surface area contributed by atoms with Gasteiger partial charge in [0.15, 0.2) is 0 Å². The van der Waals surface area contributed by atoms with E-state index >= 15 is 0 Å². The Labute approximate surface area is 210 Å². The van der Waals surface area contributed by atoms with Crippen LogP contribution in [-0.4, -0.2) is 71.1 Å². The predicted molar refractivity (Wildman–Crippen MR) is 124 cm³/mol. The zero-order valence-electron chi connectivity index (χ0n) is 20.1. The highest BCUT2D eigenvalue weighted by Gasteiger charge is 2.72. The van der Waals surface area contributed by atoms with Crippen molar-refractivity contribution in [1.82, 2.24) is 9.80 Å². The van der Waals surface area contributed by atoms with Gasteiger partial charge in [0.1, 0.15) is 5.54 Å². The highest BCUT2D eigenvalue weighted by atomic mass is 19.4. The lowest BCUT2D eigenvalue weighted by Gasteiger charge is -2.35. The minimum absolute atomic E-state index is 0.209. The zero-order chi connectivity index (χ0) is 27.1. The second-order valence-electron chi connectivity index (χ2n) is 9.19. The minimum atomic E-state index is -5.08. The molecule has 3 saturated heterocycles. The number of aliphatic carboxylic acids is 1. The van der Waals surface area contributed by atoms with Crippen LogP contribution in [0.25, 0.3) is 11.1 Å². The summed E-state index contributed by atoms with van der Waals surface area (Å²) in [6.07, 6.45) is -3.76. The van der Waals surface area contributed by atoms with Crippen molar-refractivity contribution in [3.8, 4) is 11.1 Å². The average Bonchev–Trinajstić information content (AvgIpc) is 3.50. The number of nitrogens with zero attached hydrogens (tertiary/aromatic N) is 2. The number of ether oxygens (including phenoxy) is 1. The van der Waals surface area contributed by atoms with Gasteiger partial charge in [0.05, 0.1) is 18.9 Å². The van der Waals surface area contributed by atoms with Gasteiger partial charge in [0.25, 0.3) is 0 Å². The highest BCUT2D eigenvalue weighted by molar-refractivity contribution is 6.09. The van der Waals surface area contributed by atoms with Gasteiger partial charge in [-0.05, 0) is 36.1 Å². The number of methoxy groups -OCH3 is 1. The normalized spacial score (nSPS) is 26.8. The molecule has 196 valence electrons. The molecule has 5 rings (SSSR count). The number of carbonyl (C=O) groups excluding carboxylic acids is 3. The molecule has 37 heavy (non-hydrogen) atoms. The predicted octanol–water partition coefficient (Wildman–Crippen LogP) is 3.28. The van der Waals surface area contributed by atoms with Crippen LogP contribution in [0.2, 0.25) is 0 Å². The molecule has 0 saturated carbocycles. The van der Waals surface area contributed by atoms with Gasteiger partial charge >= 0.3 is 18.1 Å². The fourth-order valence-electron chi connectivity index (χ4n) is 5.85. The van der Waals surface area contributed by atoms with E-state index in [0.29, 0.717) is 13.0 Å². The SMILES string of the molecule is COC(=O)[C@@]12CCCN1[C@H](c1ccc(-c3ccccc3)cc1)[C@@H]1C(=O)N(C)C(=O)[C@@H]12.O=C(O)C(F)(F)F. The number of carbonyl (C=O) groups is 4. The second-order valence-corrected chi connectivity index (χ2v) is 9.19. The van der Waals surface area contributed by atoms with Crippen molar-refractivity contribution in [3.05, 3.63) is 60.2 Å². The number of carboxylic acids is 1. The minimum Gasteiger partial charge on any atom is -0.475 e. The smallest absolute Gasteiger partial charge is 0.475 e. The van der Waals surface area contributed by atoms with Crippen LogP contribution in [0, 0.1) is 11.8 Å². The lowest BCUT2D eigenvalue weighted by atomic mass is 9.77. The summed E-state index contributed by atoms with van der Waals surface area (Å²) in [5.74, 6) is -4.90. The first-order valence-electron chi connectivity index (χ1n) is 11.6. The van der Waals surface area contributed by atoms with E-state index in [1.165, 1.54) is 19.1 Å². The van der Waals surface area contributed by atoms with Gasteiger partial charge in [0, 0.05) is 13.1 Å². The molecule has 1 N–H and O–H groups in total. The molecule has 0 bridgehead atoms. The third-order valence-corrected chi connectivity index (χ3v) is 7.37. The third-order valence-electron chi connectivity index (χ3n) is 7.37. The molecule has 2 aromatic rings. The summed E-state index contributed by atoms with van der Waals surface area (Å²) in [5, 5.41) is 7.12. The number of alkyl halides is 3. The largest absolute Gasteiger partial charge is 0.490 e. The Bertz CT molecular complexity index is 1220. The molecule has 3 aliphatic rings. The Balaban J connectivity index is 0.000000405. The third kappa shape index (κ3) is 4.26. The van der Waals surface area contributed by atoms with Crippen molar-refractivity contribution in [2.45, 2.75) is 30.6 Å². The first kappa shape index (κ1) is 26.3. The molecule has 2 amide bonds. The van der Waals surface area contributed by atoms with Crippen LogP contribution in [0.1, 0.15) is 24.4 Å². The van der Waals surface area contributed by atoms with Crippen molar-refractivity contribution in [2.75, 3.05) is 20.7 Å². The number of amides is 2. The summed E-state index contributed by atoms with van der Waals surface area (Å²) in [5.41, 5.74) is 2.10. The van der Waals surface area contributed by atoms with Gasteiger partial charge < -0.3 is 9.84 Å². The van der Waals surface area contributed by atoms with Gasteiger partial charge in [-0.2, -0.15) is 13.2 Å². The van der Waals surface area contributed by atoms with E-state index in [-0.39, 0.29) is 17.9 Å². The van der Waals surface area contributed by atoms with Crippen molar-refractivity contribution in [3.63, 3.8) is 0 Å². The van der Waals surface area contributed by atoms with Crippen LogP contribution < -0.4 is 0 Å². The molecule has 4 atom stereocenters. The van der Waals surface area contributed by atoms with E-state index in [9.17, 15) is 27.6 Å². The second kappa shape index (κ2) is 9.62. The molecule has 11 heteroatoms. The van der Waals surface area contributed by atoms with Gasteiger partial charge in [-0.3, -0.25) is 24.2 Å². The number of halogens is 3. The topological polar surface area (TPSA) is 104 Å². The summed E-state index contributed by atoms with van der Waals surface area (Å²) >= 11 is 0. The summed E-state index contributed by atoms with van der Waals surface area (Å²) in [6.45, 7) is 0.664. The van der Waals surface area contributed by atoms with Gasteiger partial charge in [-0.1, -0.05) is 54.6 Å². The molecule has 0 spiro atoms. The van der Waals surface area contributed by atoms with Crippen LogP contribution in [-0.2, 0) is 23.9 Å². The number of fused-ring (bicyclic) bond motifs is 3. The van der Waals surface area contributed by atoms with Crippen LogP contribution in [0.5, 0.6) is 0 Å². The number of likely N-dealkylation sites (tertiary alicyclic amines) is 1. The summed E-state index contributed by atoms with van der Waals surface area (Å²) in [6, 6.07) is 17.9. The number of hydrogen-bond acceptors (Lipinski definition) is 6. The first-order chi connectivity index (χ1) is 17.4. The number of esters is 1. The summed E-state index contributed by atoms with van der Waals surface area (Å²) < 4.78 is 36.9. The summed E-state index contributed by atoms with van der Waals surface area (Å²) in [7, 11) is 2.87. The molecular formula is C26H25F3N2O6.